The quantitative estimate of drug-likeness (QED) is 0.753. The summed E-state index contributed by atoms with van der Waals surface area (Å²) >= 11 is 0. The summed E-state index contributed by atoms with van der Waals surface area (Å²) < 4.78 is 4.89. The van der Waals surface area contributed by atoms with Gasteiger partial charge in [0.2, 0.25) is 5.91 Å². The third-order valence-corrected chi connectivity index (χ3v) is 3.68. The molecule has 0 unspecified atom stereocenters. The highest BCUT2D eigenvalue weighted by Crippen LogP contribution is 2.08. The summed E-state index contributed by atoms with van der Waals surface area (Å²) in [5.41, 5.74) is 0.789. The highest BCUT2D eigenvalue weighted by atomic mass is 16.5. The van der Waals surface area contributed by atoms with E-state index in [9.17, 15) is 9.59 Å². The van der Waals surface area contributed by atoms with E-state index >= 15 is 0 Å². The number of anilines is 1. The standard InChI is InChI=1S/C16H24N4O3/c1-23-12-7-17-15(21)13-19-8-10-20(11-9-19)16(22)18-14-5-3-2-4-6-14/h2-6H,7-13H2,1H3,(H,17,21)(H,18,22). The second kappa shape index (κ2) is 9.12. The molecular formula is C16H24N4O3. The number of hydrogen-bond donors (Lipinski definition) is 2. The topological polar surface area (TPSA) is 73.9 Å². The minimum absolute atomic E-state index is 0.00997. The molecular weight excluding hydrogens is 296 g/mol. The van der Waals surface area contributed by atoms with Gasteiger partial charge in [0.15, 0.2) is 0 Å². The molecule has 1 heterocycles. The molecule has 7 nitrogen and oxygen atoms in total. The molecule has 23 heavy (non-hydrogen) atoms. The Hall–Kier alpha value is -2.12. The molecule has 0 radical (unpaired) electrons. The Bertz CT molecular complexity index is 501. The maximum absolute atomic E-state index is 12.2. The van der Waals surface area contributed by atoms with E-state index in [1.54, 1.807) is 12.0 Å². The van der Waals surface area contributed by atoms with Gasteiger partial charge in [0.1, 0.15) is 0 Å². The van der Waals surface area contributed by atoms with Crippen LogP contribution in [0.5, 0.6) is 0 Å². The van der Waals surface area contributed by atoms with Crippen LogP contribution in [0.4, 0.5) is 10.5 Å². The third-order valence-electron chi connectivity index (χ3n) is 3.68. The summed E-state index contributed by atoms with van der Waals surface area (Å²) in [4.78, 5) is 27.7. The van der Waals surface area contributed by atoms with E-state index in [1.807, 2.05) is 30.3 Å². The van der Waals surface area contributed by atoms with Crippen molar-refractivity contribution in [3.05, 3.63) is 30.3 Å². The van der Waals surface area contributed by atoms with E-state index in [1.165, 1.54) is 0 Å². The van der Waals surface area contributed by atoms with E-state index in [2.05, 4.69) is 15.5 Å². The first-order valence-corrected chi connectivity index (χ1v) is 7.78. The fraction of sp³-hybridized carbons (Fsp3) is 0.500. The van der Waals surface area contributed by atoms with Crippen LogP contribution in [0.15, 0.2) is 30.3 Å². The Balaban J connectivity index is 1.69. The van der Waals surface area contributed by atoms with Crippen LogP contribution in [0.25, 0.3) is 0 Å². The van der Waals surface area contributed by atoms with Gasteiger partial charge in [0, 0.05) is 45.5 Å². The second-order valence-electron chi connectivity index (χ2n) is 5.40. The van der Waals surface area contributed by atoms with Crippen LogP contribution in [-0.2, 0) is 9.53 Å². The van der Waals surface area contributed by atoms with Crippen molar-refractivity contribution in [3.8, 4) is 0 Å². The molecule has 2 N–H and O–H groups in total. The number of carbonyl (C=O) groups is 2. The summed E-state index contributed by atoms with van der Waals surface area (Å²) in [5.74, 6) is -0.00997. The molecule has 0 saturated carbocycles. The van der Waals surface area contributed by atoms with Gasteiger partial charge >= 0.3 is 6.03 Å². The van der Waals surface area contributed by atoms with Crippen molar-refractivity contribution in [1.82, 2.24) is 15.1 Å². The zero-order chi connectivity index (χ0) is 16.5. The van der Waals surface area contributed by atoms with Crippen molar-refractivity contribution < 1.29 is 14.3 Å². The number of ether oxygens (including phenoxy) is 1. The Kier molecular flexibility index (Phi) is 6.83. The second-order valence-corrected chi connectivity index (χ2v) is 5.40. The van der Waals surface area contributed by atoms with Crippen molar-refractivity contribution in [1.29, 1.82) is 0 Å². The van der Waals surface area contributed by atoms with Crippen LogP contribution < -0.4 is 10.6 Å². The SMILES string of the molecule is COCCNC(=O)CN1CCN(C(=O)Nc2ccccc2)CC1. The molecule has 0 aromatic heterocycles. The summed E-state index contributed by atoms with van der Waals surface area (Å²) in [6, 6.07) is 9.30. The number of nitrogens with one attached hydrogen (secondary N) is 2. The molecule has 1 saturated heterocycles. The average molecular weight is 320 g/mol. The van der Waals surface area contributed by atoms with E-state index in [0.29, 0.717) is 45.9 Å². The average Bonchev–Trinajstić information content (AvgIpc) is 2.56. The number of nitrogens with zero attached hydrogens (tertiary/aromatic N) is 2. The molecule has 7 heteroatoms. The van der Waals surface area contributed by atoms with Crippen molar-refractivity contribution in [2.75, 3.05) is 58.3 Å². The van der Waals surface area contributed by atoms with Crippen LogP contribution in [0.3, 0.4) is 0 Å². The molecule has 3 amide bonds. The number of rotatable bonds is 6. The lowest BCUT2D eigenvalue weighted by molar-refractivity contribution is -0.122. The molecule has 1 aliphatic rings. The first-order valence-electron chi connectivity index (χ1n) is 7.78. The maximum Gasteiger partial charge on any atom is 0.321 e. The van der Waals surface area contributed by atoms with E-state index < -0.39 is 0 Å². The monoisotopic (exact) mass is 320 g/mol. The van der Waals surface area contributed by atoms with Gasteiger partial charge in [0.25, 0.3) is 0 Å². The van der Waals surface area contributed by atoms with Gasteiger partial charge in [-0.1, -0.05) is 18.2 Å². The summed E-state index contributed by atoms with van der Waals surface area (Å²) in [6.45, 7) is 4.01. The number of methoxy groups -OCH3 is 1. The highest BCUT2D eigenvalue weighted by Gasteiger charge is 2.22. The zero-order valence-corrected chi connectivity index (χ0v) is 13.5. The zero-order valence-electron chi connectivity index (χ0n) is 13.5. The third kappa shape index (κ3) is 5.88. The largest absolute Gasteiger partial charge is 0.383 e. The van der Waals surface area contributed by atoms with Crippen molar-refractivity contribution >= 4 is 17.6 Å². The number of amides is 3. The van der Waals surface area contributed by atoms with Crippen LogP contribution in [0.2, 0.25) is 0 Å². The van der Waals surface area contributed by atoms with Gasteiger partial charge in [-0.25, -0.2) is 4.79 Å². The molecule has 0 atom stereocenters. The van der Waals surface area contributed by atoms with Crippen LogP contribution in [0.1, 0.15) is 0 Å². The molecule has 0 aliphatic carbocycles. The summed E-state index contributed by atoms with van der Waals surface area (Å²) in [6.07, 6.45) is 0. The Morgan fingerprint density at radius 2 is 1.83 bits per heavy atom. The maximum atomic E-state index is 12.2. The number of para-hydroxylation sites is 1. The molecule has 126 valence electrons. The van der Waals surface area contributed by atoms with Gasteiger partial charge in [-0.05, 0) is 12.1 Å². The van der Waals surface area contributed by atoms with Crippen LogP contribution >= 0.6 is 0 Å². The minimum atomic E-state index is -0.0969. The van der Waals surface area contributed by atoms with Crippen LogP contribution in [-0.4, -0.2) is 74.7 Å². The van der Waals surface area contributed by atoms with Gasteiger partial charge in [-0.3, -0.25) is 9.69 Å². The van der Waals surface area contributed by atoms with Crippen molar-refractivity contribution in [3.63, 3.8) is 0 Å². The molecule has 1 aromatic rings. The van der Waals surface area contributed by atoms with Crippen molar-refractivity contribution in [2.24, 2.45) is 0 Å². The number of urea groups is 1. The highest BCUT2D eigenvalue weighted by molar-refractivity contribution is 5.89. The first kappa shape index (κ1) is 17.2. The first-order chi connectivity index (χ1) is 11.2. The van der Waals surface area contributed by atoms with Crippen LogP contribution in [0, 0.1) is 0 Å². The number of carbonyl (C=O) groups excluding carboxylic acids is 2. The minimum Gasteiger partial charge on any atom is -0.383 e. The summed E-state index contributed by atoms with van der Waals surface area (Å²) in [7, 11) is 1.60. The lowest BCUT2D eigenvalue weighted by Gasteiger charge is -2.34. The fourth-order valence-corrected chi connectivity index (χ4v) is 2.38. The normalized spacial score (nSPS) is 15.3. The van der Waals surface area contributed by atoms with Gasteiger partial charge < -0.3 is 20.3 Å². The Morgan fingerprint density at radius 3 is 2.48 bits per heavy atom. The van der Waals surface area contributed by atoms with Crippen molar-refractivity contribution in [2.45, 2.75) is 0 Å². The number of piperazine rings is 1. The molecule has 1 aliphatic heterocycles. The van der Waals surface area contributed by atoms with Gasteiger partial charge in [0.05, 0.1) is 13.2 Å². The van der Waals surface area contributed by atoms with E-state index in [-0.39, 0.29) is 11.9 Å². The number of hydrogen-bond acceptors (Lipinski definition) is 4. The Labute approximate surface area is 136 Å². The Morgan fingerprint density at radius 1 is 1.13 bits per heavy atom. The molecule has 0 spiro atoms. The predicted molar refractivity (Wildman–Crippen MR) is 88.4 cm³/mol. The smallest absolute Gasteiger partial charge is 0.321 e. The van der Waals surface area contributed by atoms with E-state index in [4.69, 9.17) is 4.74 Å². The predicted octanol–water partition coefficient (Wildman–Crippen LogP) is 0.599. The number of benzene rings is 1. The van der Waals surface area contributed by atoms with Gasteiger partial charge in [-0.2, -0.15) is 0 Å². The molecule has 1 aromatic carbocycles. The van der Waals surface area contributed by atoms with Gasteiger partial charge in [-0.15, -0.1) is 0 Å². The molecule has 2 rings (SSSR count). The lowest BCUT2D eigenvalue weighted by atomic mass is 10.3. The molecule has 1 fully saturated rings. The molecule has 0 bridgehead atoms. The van der Waals surface area contributed by atoms with E-state index in [0.717, 1.165) is 5.69 Å². The summed E-state index contributed by atoms with van der Waals surface area (Å²) in [5, 5.41) is 5.68. The lowest BCUT2D eigenvalue weighted by Crippen LogP contribution is -2.52. The fourth-order valence-electron chi connectivity index (χ4n) is 2.38.